The van der Waals surface area contributed by atoms with Crippen molar-refractivity contribution >= 4 is 11.2 Å². The molecule has 0 bridgehead atoms. The standard InChI is InChI=1S/C24H25N5O3S/c1-16(2)33(31)20-9-7-18(8-10-20)21-14-26-15-22(27-21)24-29-28-23(32-24)19-5-3-17(4-6-19)13-25-11-12-30/h3-10,14-16,25,30H,11-13H2,1-2H3. The molecule has 4 rings (SSSR count). The van der Waals surface area contributed by atoms with E-state index < -0.39 is 11.2 Å². The molecule has 2 aromatic heterocycles. The number of rotatable bonds is 9. The van der Waals surface area contributed by atoms with Gasteiger partial charge in [-0.2, -0.15) is 0 Å². The lowest BCUT2D eigenvalue weighted by atomic mass is 10.1. The van der Waals surface area contributed by atoms with E-state index in [1.165, 1.54) is 0 Å². The first kappa shape index (κ1) is 23.1. The largest absolute Gasteiger partial charge is 0.611 e. The third-order valence-corrected chi connectivity index (χ3v) is 6.50. The van der Waals surface area contributed by atoms with Crippen LogP contribution in [0.3, 0.4) is 0 Å². The zero-order valence-electron chi connectivity index (χ0n) is 18.4. The lowest BCUT2D eigenvalue weighted by molar-refractivity contribution is 0.292. The number of aromatic nitrogens is 4. The van der Waals surface area contributed by atoms with E-state index in [4.69, 9.17) is 9.52 Å². The zero-order valence-corrected chi connectivity index (χ0v) is 19.2. The van der Waals surface area contributed by atoms with Gasteiger partial charge in [0.25, 0.3) is 5.89 Å². The molecule has 4 aromatic rings. The van der Waals surface area contributed by atoms with Crippen LogP contribution in [0.15, 0.2) is 70.2 Å². The summed E-state index contributed by atoms with van der Waals surface area (Å²) in [6.45, 7) is 5.20. The van der Waals surface area contributed by atoms with E-state index in [-0.39, 0.29) is 17.7 Å². The van der Waals surface area contributed by atoms with Gasteiger partial charge in [-0.15, -0.1) is 10.2 Å². The summed E-state index contributed by atoms with van der Waals surface area (Å²) in [6, 6.07) is 15.3. The van der Waals surface area contributed by atoms with E-state index >= 15 is 0 Å². The maximum atomic E-state index is 12.3. The molecule has 0 aliphatic rings. The second kappa shape index (κ2) is 10.7. The molecule has 2 heterocycles. The van der Waals surface area contributed by atoms with Crippen LogP contribution in [0.5, 0.6) is 0 Å². The maximum absolute atomic E-state index is 12.3. The minimum Gasteiger partial charge on any atom is -0.611 e. The van der Waals surface area contributed by atoms with Gasteiger partial charge in [0, 0.05) is 24.2 Å². The van der Waals surface area contributed by atoms with Gasteiger partial charge in [-0.25, -0.2) is 4.98 Å². The summed E-state index contributed by atoms with van der Waals surface area (Å²) in [7, 11) is 0. The van der Waals surface area contributed by atoms with E-state index in [2.05, 4.69) is 25.5 Å². The van der Waals surface area contributed by atoms with E-state index in [0.29, 0.717) is 30.4 Å². The first-order valence-electron chi connectivity index (χ1n) is 10.6. The SMILES string of the molecule is CC(C)[S+]([O-])c1ccc(-c2cncc(-c3nnc(-c4ccc(CNCCO)cc4)o3)n2)cc1. The van der Waals surface area contributed by atoms with Gasteiger partial charge in [0.15, 0.2) is 4.90 Å². The fraction of sp³-hybridized carbons (Fsp3) is 0.250. The lowest BCUT2D eigenvalue weighted by Gasteiger charge is -2.14. The van der Waals surface area contributed by atoms with Crippen molar-refractivity contribution in [3.05, 3.63) is 66.5 Å². The highest BCUT2D eigenvalue weighted by Crippen LogP contribution is 2.26. The van der Waals surface area contributed by atoms with Gasteiger partial charge in [-0.3, -0.25) is 4.98 Å². The smallest absolute Gasteiger partial charge is 0.268 e. The Morgan fingerprint density at radius 1 is 0.939 bits per heavy atom. The Kier molecular flexibility index (Phi) is 7.46. The average molecular weight is 464 g/mol. The van der Waals surface area contributed by atoms with Crippen molar-refractivity contribution in [1.29, 1.82) is 0 Å². The molecule has 1 unspecified atom stereocenters. The van der Waals surface area contributed by atoms with Gasteiger partial charge >= 0.3 is 0 Å². The average Bonchev–Trinajstić information content (AvgIpc) is 3.35. The monoisotopic (exact) mass is 463 g/mol. The van der Waals surface area contributed by atoms with Gasteiger partial charge in [-0.1, -0.05) is 12.1 Å². The third kappa shape index (κ3) is 5.63. The molecule has 0 saturated heterocycles. The van der Waals surface area contributed by atoms with Crippen molar-refractivity contribution in [2.24, 2.45) is 0 Å². The summed E-state index contributed by atoms with van der Waals surface area (Å²) >= 11 is -1.04. The molecule has 0 spiro atoms. The molecule has 0 amide bonds. The molecule has 33 heavy (non-hydrogen) atoms. The molecule has 0 aliphatic carbocycles. The van der Waals surface area contributed by atoms with Crippen LogP contribution in [0, 0.1) is 0 Å². The van der Waals surface area contributed by atoms with Crippen LogP contribution in [0.1, 0.15) is 19.4 Å². The predicted molar refractivity (Wildman–Crippen MR) is 127 cm³/mol. The number of aliphatic hydroxyl groups is 1. The van der Waals surface area contributed by atoms with Crippen LogP contribution in [-0.4, -0.2) is 48.2 Å². The molecule has 0 saturated carbocycles. The van der Waals surface area contributed by atoms with Crippen molar-refractivity contribution < 1.29 is 14.1 Å². The molecule has 0 aliphatic heterocycles. The second-order valence-corrected chi connectivity index (χ2v) is 9.68. The van der Waals surface area contributed by atoms with Crippen LogP contribution in [0.4, 0.5) is 0 Å². The number of hydrogen-bond donors (Lipinski definition) is 2. The number of nitrogens with zero attached hydrogens (tertiary/aromatic N) is 4. The Balaban J connectivity index is 1.50. The predicted octanol–water partition coefficient (Wildman–Crippen LogP) is 3.46. The van der Waals surface area contributed by atoms with Crippen molar-refractivity contribution in [1.82, 2.24) is 25.5 Å². The number of benzene rings is 2. The van der Waals surface area contributed by atoms with Gasteiger partial charge in [0.1, 0.15) is 10.9 Å². The Labute approximate surface area is 195 Å². The number of hydrogen-bond acceptors (Lipinski definition) is 8. The number of nitrogens with one attached hydrogen (secondary N) is 1. The number of aliphatic hydroxyl groups excluding tert-OH is 1. The van der Waals surface area contributed by atoms with Crippen LogP contribution < -0.4 is 5.32 Å². The zero-order chi connectivity index (χ0) is 23.2. The Bertz CT molecular complexity index is 1180. The van der Waals surface area contributed by atoms with Crippen molar-refractivity contribution in [3.8, 4) is 34.3 Å². The highest BCUT2D eigenvalue weighted by atomic mass is 32.2. The first-order valence-corrected chi connectivity index (χ1v) is 11.8. The molecule has 1 atom stereocenters. The van der Waals surface area contributed by atoms with Crippen molar-refractivity contribution in [2.45, 2.75) is 30.5 Å². The van der Waals surface area contributed by atoms with Crippen LogP contribution in [-0.2, 0) is 17.7 Å². The van der Waals surface area contributed by atoms with Gasteiger partial charge in [0.05, 0.1) is 24.7 Å². The summed E-state index contributed by atoms with van der Waals surface area (Å²) in [5, 5.41) is 20.3. The minimum absolute atomic E-state index is 0.0600. The van der Waals surface area contributed by atoms with Crippen LogP contribution >= 0.6 is 0 Å². The quantitative estimate of drug-likeness (QED) is 0.286. The van der Waals surface area contributed by atoms with Crippen LogP contribution in [0.2, 0.25) is 0 Å². The van der Waals surface area contributed by atoms with E-state index in [1.807, 2.05) is 62.4 Å². The topological polar surface area (TPSA) is 120 Å². The molecular formula is C24H25N5O3S. The molecule has 8 nitrogen and oxygen atoms in total. The van der Waals surface area contributed by atoms with E-state index in [9.17, 15) is 4.55 Å². The molecule has 170 valence electrons. The summed E-state index contributed by atoms with van der Waals surface area (Å²) in [5.41, 5.74) is 3.89. The highest BCUT2D eigenvalue weighted by Gasteiger charge is 2.16. The lowest BCUT2D eigenvalue weighted by Crippen LogP contribution is -2.17. The highest BCUT2D eigenvalue weighted by molar-refractivity contribution is 7.92. The minimum atomic E-state index is -1.04. The summed E-state index contributed by atoms with van der Waals surface area (Å²) in [5.74, 6) is 0.679. The molecular weight excluding hydrogens is 438 g/mol. The van der Waals surface area contributed by atoms with Gasteiger partial charge in [0.2, 0.25) is 5.89 Å². The Hall–Kier alpha value is -3.11. The molecule has 0 radical (unpaired) electrons. The molecule has 0 fully saturated rings. The van der Waals surface area contributed by atoms with E-state index in [1.54, 1.807) is 12.4 Å². The second-order valence-electron chi connectivity index (χ2n) is 7.67. The van der Waals surface area contributed by atoms with Crippen molar-refractivity contribution in [3.63, 3.8) is 0 Å². The molecule has 2 aromatic carbocycles. The Morgan fingerprint density at radius 3 is 2.30 bits per heavy atom. The van der Waals surface area contributed by atoms with Crippen LogP contribution in [0.25, 0.3) is 34.3 Å². The molecule has 2 N–H and O–H groups in total. The maximum Gasteiger partial charge on any atom is 0.268 e. The summed E-state index contributed by atoms with van der Waals surface area (Å²) in [6.07, 6.45) is 3.25. The Morgan fingerprint density at radius 2 is 1.61 bits per heavy atom. The summed E-state index contributed by atoms with van der Waals surface area (Å²) in [4.78, 5) is 9.69. The normalized spacial score (nSPS) is 12.3. The summed E-state index contributed by atoms with van der Waals surface area (Å²) < 4.78 is 18.1. The van der Waals surface area contributed by atoms with Crippen molar-refractivity contribution in [2.75, 3.05) is 13.2 Å². The van der Waals surface area contributed by atoms with E-state index in [0.717, 1.165) is 21.6 Å². The van der Waals surface area contributed by atoms with Gasteiger partial charge < -0.3 is 19.4 Å². The first-order chi connectivity index (χ1) is 16.0. The molecule has 9 heteroatoms. The van der Waals surface area contributed by atoms with Gasteiger partial charge in [-0.05, 0) is 67.0 Å². The fourth-order valence-corrected chi connectivity index (χ4v) is 4.11. The third-order valence-electron chi connectivity index (χ3n) is 4.91. The fourth-order valence-electron chi connectivity index (χ4n) is 3.16.